The lowest BCUT2D eigenvalue weighted by atomic mass is 10.1. The number of hydrogen-bond acceptors (Lipinski definition) is 6. The van der Waals surface area contributed by atoms with Crippen LogP contribution in [0.2, 0.25) is 0 Å². The van der Waals surface area contributed by atoms with E-state index >= 15 is 0 Å². The van der Waals surface area contributed by atoms with Gasteiger partial charge in [0, 0.05) is 12.7 Å². The maximum Gasteiger partial charge on any atom is 0.316 e. The summed E-state index contributed by atoms with van der Waals surface area (Å²) in [7, 11) is 1.62. The Balaban J connectivity index is 1.59. The first kappa shape index (κ1) is 15.7. The molecule has 0 atom stereocenters. The number of methoxy groups -OCH3 is 1. The summed E-state index contributed by atoms with van der Waals surface area (Å²) in [6, 6.07) is 13.0. The van der Waals surface area contributed by atoms with Crippen LogP contribution in [0.1, 0.15) is 16.2 Å². The highest BCUT2D eigenvalue weighted by Crippen LogP contribution is 2.17. The molecule has 2 heterocycles. The molecule has 0 fully saturated rings. The maximum atomic E-state index is 12.1. The molecule has 0 aliphatic heterocycles. The number of nitrogens with one attached hydrogen (secondary N) is 1. The predicted octanol–water partition coefficient (Wildman–Crippen LogP) is 2.11. The maximum absolute atomic E-state index is 12.1. The molecule has 0 saturated heterocycles. The summed E-state index contributed by atoms with van der Waals surface area (Å²) >= 11 is 0. The summed E-state index contributed by atoms with van der Waals surface area (Å²) < 4.78 is 10.3. The molecule has 2 aromatic heterocycles. The fraction of sp³-hybridized carbons (Fsp3) is 0.176. The number of carbonyl (C=O) groups is 1. The van der Waals surface area contributed by atoms with E-state index in [2.05, 4.69) is 20.4 Å². The minimum absolute atomic E-state index is 0.0873. The van der Waals surface area contributed by atoms with Gasteiger partial charge < -0.3 is 14.6 Å². The Morgan fingerprint density at radius 1 is 1.21 bits per heavy atom. The summed E-state index contributed by atoms with van der Waals surface area (Å²) in [4.78, 5) is 20.2. The van der Waals surface area contributed by atoms with E-state index < -0.39 is 5.91 Å². The molecule has 3 rings (SSSR count). The Labute approximate surface area is 138 Å². The normalized spacial score (nSPS) is 10.4. The van der Waals surface area contributed by atoms with E-state index in [1.54, 1.807) is 25.4 Å². The zero-order chi connectivity index (χ0) is 16.8. The minimum Gasteiger partial charge on any atom is -0.496 e. The highest BCUT2D eigenvalue weighted by molar-refractivity contribution is 5.89. The molecule has 1 aromatic carbocycles. The monoisotopic (exact) mass is 324 g/mol. The number of para-hydroxylation sites is 1. The van der Waals surface area contributed by atoms with Crippen LogP contribution in [0.25, 0.3) is 11.5 Å². The van der Waals surface area contributed by atoms with Crippen molar-refractivity contribution in [2.24, 2.45) is 0 Å². The molecule has 122 valence electrons. The summed E-state index contributed by atoms with van der Waals surface area (Å²) in [6.07, 6.45) is 2.26. The van der Waals surface area contributed by atoms with Crippen LogP contribution in [-0.4, -0.2) is 34.7 Å². The summed E-state index contributed by atoms with van der Waals surface area (Å²) in [5, 5.41) is 6.52. The number of amides is 1. The second-order valence-corrected chi connectivity index (χ2v) is 4.96. The molecule has 0 saturated carbocycles. The van der Waals surface area contributed by atoms with E-state index in [4.69, 9.17) is 9.26 Å². The van der Waals surface area contributed by atoms with Crippen molar-refractivity contribution in [1.29, 1.82) is 0 Å². The molecule has 0 aliphatic rings. The van der Waals surface area contributed by atoms with Crippen molar-refractivity contribution in [1.82, 2.24) is 20.4 Å². The smallest absolute Gasteiger partial charge is 0.316 e. The van der Waals surface area contributed by atoms with Gasteiger partial charge in [0.05, 0.1) is 7.11 Å². The zero-order valence-electron chi connectivity index (χ0n) is 13.1. The summed E-state index contributed by atoms with van der Waals surface area (Å²) in [6.45, 7) is 0.431. The van der Waals surface area contributed by atoms with Crippen LogP contribution in [0.4, 0.5) is 0 Å². The van der Waals surface area contributed by atoms with Gasteiger partial charge in [-0.05, 0) is 30.2 Å². The van der Waals surface area contributed by atoms with E-state index in [1.807, 2.05) is 30.3 Å². The number of hydrogen-bond donors (Lipinski definition) is 1. The van der Waals surface area contributed by atoms with Gasteiger partial charge in [-0.25, -0.2) is 0 Å². The van der Waals surface area contributed by atoms with Crippen LogP contribution >= 0.6 is 0 Å². The van der Waals surface area contributed by atoms with Crippen LogP contribution in [0.3, 0.4) is 0 Å². The van der Waals surface area contributed by atoms with Gasteiger partial charge in [-0.2, -0.15) is 4.98 Å². The van der Waals surface area contributed by atoms with Crippen molar-refractivity contribution < 1.29 is 14.1 Å². The number of nitrogens with zero attached hydrogens (tertiary/aromatic N) is 3. The Bertz CT molecular complexity index is 817. The van der Waals surface area contributed by atoms with Crippen LogP contribution in [0, 0.1) is 0 Å². The first-order chi connectivity index (χ1) is 11.8. The third-order valence-electron chi connectivity index (χ3n) is 3.39. The fourth-order valence-corrected chi connectivity index (χ4v) is 2.21. The molecule has 0 radical (unpaired) electrons. The molecule has 1 amide bonds. The van der Waals surface area contributed by atoms with Crippen LogP contribution in [0.15, 0.2) is 53.2 Å². The van der Waals surface area contributed by atoms with Crippen molar-refractivity contribution in [3.05, 3.63) is 60.1 Å². The molecule has 7 nitrogen and oxygen atoms in total. The van der Waals surface area contributed by atoms with Gasteiger partial charge >= 0.3 is 11.8 Å². The number of benzene rings is 1. The lowest BCUT2D eigenvalue weighted by molar-refractivity contribution is 0.0910. The quantitative estimate of drug-likeness (QED) is 0.747. The lowest BCUT2D eigenvalue weighted by Crippen LogP contribution is -2.26. The second kappa shape index (κ2) is 7.36. The number of aromatic nitrogens is 3. The molecule has 0 bridgehead atoms. The average Bonchev–Trinajstić information content (AvgIpc) is 3.13. The fourth-order valence-electron chi connectivity index (χ4n) is 2.21. The largest absolute Gasteiger partial charge is 0.496 e. The average molecular weight is 324 g/mol. The van der Waals surface area contributed by atoms with Crippen molar-refractivity contribution in [2.75, 3.05) is 13.7 Å². The van der Waals surface area contributed by atoms with E-state index in [9.17, 15) is 4.79 Å². The van der Waals surface area contributed by atoms with Gasteiger partial charge in [0.15, 0.2) is 0 Å². The Morgan fingerprint density at radius 3 is 2.83 bits per heavy atom. The van der Waals surface area contributed by atoms with Gasteiger partial charge in [0.2, 0.25) is 5.82 Å². The molecule has 3 aromatic rings. The first-order valence-corrected chi connectivity index (χ1v) is 7.43. The van der Waals surface area contributed by atoms with Gasteiger partial charge in [-0.3, -0.25) is 9.78 Å². The van der Waals surface area contributed by atoms with Crippen LogP contribution in [-0.2, 0) is 6.42 Å². The van der Waals surface area contributed by atoms with E-state index in [0.29, 0.717) is 18.7 Å². The molecule has 0 aliphatic carbocycles. The highest BCUT2D eigenvalue weighted by atomic mass is 16.5. The van der Waals surface area contributed by atoms with Gasteiger partial charge in [-0.15, -0.1) is 0 Å². The summed E-state index contributed by atoms with van der Waals surface area (Å²) in [5.41, 5.74) is 1.56. The topological polar surface area (TPSA) is 90.1 Å². The molecule has 0 unspecified atom stereocenters. The van der Waals surface area contributed by atoms with Crippen molar-refractivity contribution in [2.45, 2.75) is 6.42 Å². The Morgan fingerprint density at radius 2 is 2.04 bits per heavy atom. The van der Waals surface area contributed by atoms with Gasteiger partial charge in [-0.1, -0.05) is 29.4 Å². The van der Waals surface area contributed by atoms with Crippen LogP contribution < -0.4 is 10.1 Å². The van der Waals surface area contributed by atoms with Crippen molar-refractivity contribution in [3.8, 4) is 17.3 Å². The molecular formula is C17H16N4O3. The molecule has 1 N–H and O–H groups in total. The molecule has 24 heavy (non-hydrogen) atoms. The van der Waals surface area contributed by atoms with E-state index in [-0.39, 0.29) is 11.7 Å². The predicted molar refractivity (Wildman–Crippen MR) is 86.6 cm³/mol. The molecule has 7 heteroatoms. The zero-order valence-corrected chi connectivity index (χ0v) is 13.1. The number of carbonyl (C=O) groups excluding carboxylic acids is 1. The lowest BCUT2D eigenvalue weighted by Gasteiger charge is -2.07. The number of ether oxygens (including phenoxy) is 1. The minimum atomic E-state index is -0.417. The van der Waals surface area contributed by atoms with Crippen molar-refractivity contribution >= 4 is 5.91 Å². The second-order valence-electron chi connectivity index (χ2n) is 4.96. The van der Waals surface area contributed by atoms with Crippen molar-refractivity contribution in [3.63, 3.8) is 0 Å². The van der Waals surface area contributed by atoms with Crippen LogP contribution in [0.5, 0.6) is 5.75 Å². The Hall–Kier alpha value is -3.22. The first-order valence-electron chi connectivity index (χ1n) is 7.43. The molecular weight excluding hydrogens is 308 g/mol. The standard InChI is InChI=1S/C17H16N4O3/c1-23-14-8-3-2-6-12(14)9-11-19-16(22)17-20-15(21-24-17)13-7-4-5-10-18-13/h2-8,10H,9,11H2,1H3,(H,19,22). The third-order valence-corrected chi connectivity index (χ3v) is 3.39. The number of rotatable bonds is 6. The highest BCUT2D eigenvalue weighted by Gasteiger charge is 2.16. The van der Waals surface area contributed by atoms with Gasteiger partial charge in [0.1, 0.15) is 11.4 Å². The SMILES string of the molecule is COc1ccccc1CCNC(=O)c1nc(-c2ccccn2)no1. The van der Waals surface area contributed by atoms with E-state index in [1.165, 1.54) is 0 Å². The van der Waals surface area contributed by atoms with Gasteiger partial charge in [0.25, 0.3) is 0 Å². The summed E-state index contributed by atoms with van der Waals surface area (Å²) in [5.74, 6) is 0.572. The molecule has 0 spiro atoms. The Kier molecular flexibility index (Phi) is 4.81. The van der Waals surface area contributed by atoms with E-state index in [0.717, 1.165) is 11.3 Å². The third kappa shape index (κ3) is 3.57. The number of pyridine rings is 1.